The van der Waals surface area contributed by atoms with Gasteiger partial charge >= 0.3 is 5.97 Å². The van der Waals surface area contributed by atoms with Crippen LogP contribution in [-0.2, 0) is 19.0 Å². The third kappa shape index (κ3) is 5.48. The first-order chi connectivity index (χ1) is 8.13. The molecule has 0 aromatic rings. The van der Waals surface area contributed by atoms with Gasteiger partial charge in [0.1, 0.15) is 6.79 Å². The molecule has 1 atom stereocenters. The first-order valence-corrected chi connectivity index (χ1v) is 6.22. The lowest BCUT2D eigenvalue weighted by Gasteiger charge is -2.31. The molecule has 0 N–H and O–H groups in total. The molecule has 0 saturated carbocycles. The van der Waals surface area contributed by atoms with E-state index in [1.54, 1.807) is 0 Å². The maximum Gasteiger partial charge on any atom is 0.320 e. The lowest BCUT2D eigenvalue weighted by molar-refractivity contribution is -0.153. The molecule has 0 radical (unpaired) electrons. The van der Waals surface area contributed by atoms with E-state index in [0.29, 0.717) is 26.0 Å². The highest BCUT2D eigenvalue weighted by atomic mass is 16.7. The van der Waals surface area contributed by atoms with Gasteiger partial charge in [0.2, 0.25) is 0 Å². The number of ether oxygens (including phenoxy) is 3. The molecular weight excluding hydrogens is 222 g/mol. The van der Waals surface area contributed by atoms with E-state index in [4.69, 9.17) is 14.2 Å². The molecule has 0 aromatic heterocycles. The van der Waals surface area contributed by atoms with Crippen molar-refractivity contribution >= 4 is 5.97 Å². The van der Waals surface area contributed by atoms with Crippen LogP contribution in [0.2, 0.25) is 0 Å². The number of esters is 1. The maximum atomic E-state index is 11.5. The van der Waals surface area contributed by atoms with Crippen molar-refractivity contribution in [2.24, 2.45) is 0 Å². The fourth-order valence-corrected chi connectivity index (χ4v) is 1.74. The van der Waals surface area contributed by atoms with Gasteiger partial charge in [0.15, 0.2) is 0 Å². The van der Waals surface area contributed by atoms with E-state index in [0.717, 1.165) is 19.6 Å². The zero-order chi connectivity index (χ0) is 12.7. The van der Waals surface area contributed by atoms with Crippen LogP contribution in [0.25, 0.3) is 0 Å². The van der Waals surface area contributed by atoms with E-state index in [-0.39, 0.29) is 12.1 Å². The lowest BCUT2D eigenvalue weighted by Crippen LogP contribution is -2.43. The van der Waals surface area contributed by atoms with Crippen LogP contribution in [0.4, 0.5) is 0 Å². The molecule has 5 heteroatoms. The molecule has 1 aliphatic rings. The molecule has 1 fully saturated rings. The van der Waals surface area contributed by atoms with Gasteiger partial charge in [-0.25, -0.2) is 0 Å². The van der Waals surface area contributed by atoms with E-state index in [2.05, 4.69) is 18.7 Å². The second-order valence-electron chi connectivity index (χ2n) is 4.43. The number of hydrogen-bond donors (Lipinski definition) is 0. The molecule has 1 unspecified atom stereocenters. The minimum Gasteiger partial charge on any atom is -0.465 e. The standard InChI is InChI=1S/C12H23NO4/c1-4-16-12(14)8-13(10(2)3)7-11-5-6-15-9-17-11/h10-11H,4-9H2,1-3H3. The van der Waals surface area contributed by atoms with Gasteiger partial charge in [0, 0.05) is 12.6 Å². The summed E-state index contributed by atoms with van der Waals surface area (Å²) in [6.07, 6.45) is 1.03. The highest BCUT2D eigenvalue weighted by Gasteiger charge is 2.22. The predicted molar refractivity (Wildman–Crippen MR) is 63.7 cm³/mol. The summed E-state index contributed by atoms with van der Waals surface area (Å²) in [5.74, 6) is -0.173. The summed E-state index contributed by atoms with van der Waals surface area (Å²) in [4.78, 5) is 13.5. The van der Waals surface area contributed by atoms with Gasteiger partial charge in [-0.2, -0.15) is 0 Å². The Morgan fingerprint density at radius 2 is 2.29 bits per heavy atom. The topological polar surface area (TPSA) is 48.0 Å². The van der Waals surface area contributed by atoms with E-state index in [1.165, 1.54) is 0 Å². The number of carbonyl (C=O) groups excluding carboxylic acids is 1. The summed E-state index contributed by atoms with van der Waals surface area (Å²) in [5, 5.41) is 0. The summed E-state index contributed by atoms with van der Waals surface area (Å²) in [6, 6.07) is 0.297. The van der Waals surface area contributed by atoms with Gasteiger partial charge in [0.05, 0.1) is 25.9 Å². The Labute approximate surface area is 103 Å². The van der Waals surface area contributed by atoms with Crippen LogP contribution in [-0.4, -0.2) is 56.1 Å². The second-order valence-corrected chi connectivity index (χ2v) is 4.43. The number of carbonyl (C=O) groups is 1. The van der Waals surface area contributed by atoms with Crippen molar-refractivity contribution in [1.82, 2.24) is 4.90 Å². The van der Waals surface area contributed by atoms with Crippen LogP contribution in [0.1, 0.15) is 27.2 Å². The predicted octanol–water partition coefficient (Wildman–Crippen LogP) is 1.02. The molecule has 100 valence electrons. The Morgan fingerprint density at radius 1 is 1.53 bits per heavy atom. The zero-order valence-corrected chi connectivity index (χ0v) is 11.0. The largest absolute Gasteiger partial charge is 0.465 e. The van der Waals surface area contributed by atoms with Crippen LogP contribution in [0, 0.1) is 0 Å². The summed E-state index contributed by atoms with van der Waals surface area (Å²) < 4.78 is 15.6. The fourth-order valence-electron chi connectivity index (χ4n) is 1.74. The van der Waals surface area contributed by atoms with Gasteiger partial charge in [-0.05, 0) is 27.2 Å². The zero-order valence-electron chi connectivity index (χ0n) is 11.0. The van der Waals surface area contributed by atoms with Crippen molar-refractivity contribution in [2.75, 3.05) is 33.1 Å². The smallest absolute Gasteiger partial charge is 0.320 e. The van der Waals surface area contributed by atoms with Crippen molar-refractivity contribution in [3.63, 3.8) is 0 Å². The Balaban J connectivity index is 2.39. The summed E-state index contributed by atoms with van der Waals surface area (Å²) in [7, 11) is 0. The fraction of sp³-hybridized carbons (Fsp3) is 0.917. The minimum absolute atomic E-state index is 0.153. The Bertz CT molecular complexity index is 227. The Hall–Kier alpha value is -0.650. The molecule has 0 aliphatic carbocycles. The monoisotopic (exact) mass is 245 g/mol. The normalized spacial score (nSPS) is 20.9. The van der Waals surface area contributed by atoms with Crippen LogP contribution in [0.5, 0.6) is 0 Å². The van der Waals surface area contributed by atoms with Crippen LogP contribution in [0.3, 0.4) is 0 Å². The quantitative estimate of drug-likeness (QED) is 0.654. The van der Waals surface area contributed by atoms with Gasteiger partial charge in [-0.15, -0.1) is 0 Å². The molecule has 0 aromatic carbocycles. The van der Waals surface area contributed by atoms with Gasteiger partial charge in [-0.1, -0.05) is 0 Å². The first kappa shape index (κ1) is 14.4. The SMILES string of the molecule is CCOC(=O)CN(CC1CCOCO1)C(C)C. The molecule has 1 rings (SSSR count). The van der Waals surface area contributed by atoms with Gasteiger partial charge in [-0.3, -0.25) is 9.69 Å². The van der Waals surface area contributed by atoms with Crippen molar-refractivity contribution in [2.45, 2.75) is 39.3 Å². The average Bonchev–Trinajstić information content (AvgIpc) is 2.29. The van der Waals surface area contributed by atoms with Gasteiger partial charge < -0.3 is 14.2 Å². The van der Waals surface area contributed by atoms with Gasteiger partial charge in [0.25, 0.3) is 0 Å². The summed E-state index contributed by atoms with van der Waals surface area (Å²) >= 11 is 0. The van der Waals surface area contributed by atoms with Crippen molar-refractivity contribution in [3.05, 3.63) is 0 Å². The molecule has 17 heavy (non-hydrogen) atoms. The van der Waals surface area contributed by atoms with Crippen molar-refractivity contribution in [3.8, 4) is 0 Å². The third-order valence-corrected chi connectivity index (χ3v) is 2.78. The molecule has 1 heterocycles. The van der Waals surface area contributed by atoms with E-state index in [9.17, 15) is 4.79 Å². The lowest BCUT2D eigenvalue weighted by atomic mass is 10.2. The Kier molecular flexibility index (Phi) is 6.47. The van der Waals surface area contributed by atoms with Crippen molar-refractivity contribution in [1.29, 1.82) is 0 Å². The number of rotatable bonds is 6. The molecule has 1 saturated heterocycles. The van der Waals surface area contributed by atoms with Crippen LogP contribution < -0.4 is 0 Å². The van der Waals surface area contributed by atoms with Crippen molar-refractivity contribution < 1.29 is 19.0 Å². The highest BCUT2D eigenvalue weighted by molar-refractivity contribution is 5.71. The summed E-state index contributed by atoms with van der Waals surface area (Å²) in [6.45, 7) is 8.55. The Morgan fingerprint density at radius 3 is 2.82 bits per heavy atom. The molecule has 1 aliphatic heterocycles. The third-order valence-electron chi connectivity index (χ3n) is 2.78. The van der Waals surface area contributed by atoms with E-state index < -0.39 is 0 Å². The van der Waals surface area contributed by atoms with E-state index in [1.807, 2.05) is 6.92 Å². The first-order valence-electron chi connectivity index (χ1n) is 6.22. The van der Waals surface area contributed by atoms with Crippen LogP contribution >= 0.6 is 0 Å². The molecule has 0 amide bonds. The highest BCUT2D eigenvalue weighted by Crippen LogP contribution is 2.10. The minimum atomic E-state index is -0.173. The second kappa shape index (κ2) is 7.63. The molecule has 0 spiro atoms. The summed E-state index contributed by atoms with van der Waals surface area (Å²) in [5.41, 5.74) is 0. The number of nitrogens with zero attached hydrogens (tertiary/aromatic N) is 1. The number of hydrogen-bond acceptors (Lipinski definition) is 5. The molecule has 0 bridgehead atoms. The average molecular weight is 245 g/mol. The van der Waals surface area contributed by atoms with E-state index >= 15 is 0 Å². The maximum absolute atomic E-state index is 11.5. The molecular formula is C12H23NO4. The van der Waals surface area contributed by atoms with Crippen LogP contribution in [0.15, 0.2) is 0 Å². The molecule has 5 nitrogen and oxygen atoms in total.